The minimum atomic E-state index is -4.35. The average Bonchev–Trinajstić information content (AvgIpc) is 2.89. The highest BCUT2D eigenvalue weighted by atomic mass is 19.4. The van der Waals surface area contributed by atoms with Gasteiger partial charge < -0.3 is 19.4 Å². The maximum Gasteiger partial charge on any atom is 0.389 e. The van der Waals surface area contributed by atoms with Gasteiger partial charge in [-0.05, 0) is 70.1 Å². The van der Waals surface area contributed by atoms with Crippen LogP contribution in [0.5, 0.6) is 11.6 Å². The Labute approximate surface area is 238 Å². The van der Waals surface area contributed by atoms with E-state index in [0.717, 1.165) is 53.3 Å². The molecular formula is C29H41F3N3O6-. The molecule has 0 saturated carbocycles. The van der Waals surface area contributed by atoms with Gasteiger partial charge >= 0.3 is 17.4 Å². The van der Waals surface area contributed by atoms with Crippen molar-refractivity contribution in [2.24, 2.45) is 0 Å². The fourth-order valence-electron chi connectivity index (χ4n) is 4.15. The predicted octanol–water partition coefficient (Wildman–Crippen LogP) is 4.42. The summed E-state index contributed by atoms with van der Waals surface area (Å²) >= 11 is 0. The van der Waals surface area contributed by atoms with Crippen molar-refractivity contribution >= 4 is 5.97 Å². The molecule has 1 aromatic carbocycles. The van der Waals surface area contributed by atoms with Crippen molar-refractivity contribution < 1.29 is 32.5 Å². The van der Waals surface area contributed by atoms with Gasteiger partial charge in [0.25, 0.3) is 5.88 Å². The number of aliphatic carboxylic acids is 1. The number of carbonyl (C=O) groups is 1. The molecule has 1 heterocycles. The van der Waals surface area contributed by atoms with Crippen LogP contribution in [0.15, 0.2) is 33.9 Å². The van der Waals surface area contributed by atoms with Crippen LogP contribution in [0, 0.1) is 0 Å². The molecule has 41 heavy (non-hydrogen) atoms. The number of nitrogens with zero attached hydrogens (tertiary/aromatic N) is 3. The summed E-state index contributed by atoms with van der Waals surface area (Å²) < 4.78 is 50.9. The Bertz CT molecular complexity index is 1220. The van der Waals surface area contributed by atoms with E-state index in [-0.39, 0.29) is 32.0 Å². The van der Waals surface area contributed by atoms with Crippen molar-refractivity contribution in [1.82, 2.24) is 14.3 Å². The summed E-state index contributed by atoms with van der Waals surface area (Å²) in [5, 5.41) is 15.1. The molecule has 0 amide bonds. The highest BCUT2D eigenvalue weighted by Gasteiger charge is 2.26. The van der Waals surface area contributed by atoms with Gasteiger partial charge in [-0.2, -0.15) is 13.2 Å². The summed E-state index contributed by atoms with van der Waals surface area (Å²) in [7, 11) is 0. The first kappa shape index (κ1) is 33.9. The molecule has 0 N–H and O–H groups in total. The lowest BCUT2D eigenvalue weighted by Crippen LogP contribution is -2.47. The Morgan fingerprint density at radius 2 is 1.68 bits per heavy atom. The Morgan fingerprint density at radius 3 is 2.37 bits per heavy atom. The number of unbranched alkanes of at least 4 members (excludes halogenated alkanes) is 6. The smallest absolute Gasteiger partial charge is 0.389 e. The third-order valence-electron chi connectivity index (χ3n) is 6.52. The second-order valence-electron chi connectivity index (χ2n) is 10.6. The molecule has 2 rings (SSSR count). The van der Waals surface area contributed by atoms with Gasteiger partial charge in [0.1, 0.15) is 11.4 Å². The number of carboxylic acids is 1. The number of carbonyl (C=O) groups excluding carboxylic acids is 1. The monoisotopic (exact) mass is 584 g/mol. The highest BCUT2D eigenvalue weighted by Crippen LogP contribution is 2.22. The number of hydrogen-bond acceptors (Lipinski definition) is 7. The minimum absolute atomic E-state index is 0.155. The van der Waals surface area contributed by atoms with Crippen LogP contribution in [0.2, 0.25) is 0 Å². The van der Waals surface area contributed by atoms with Crippen LogP contribution in [-0.2, 0) is 24.3 Å². The van der Waals surface area contributed by atoms with Gasteiger partial charge in [0.15, 0.2) is 0 Å². The molecule has 0 spiro atoms. The van der Waals surface area contributed by atoms with Gasteiger partial charge in [0.05, 0.1) is 12.6 Å². The Morgan fingerprint density at radius 1 is 0.976 bits per heavy atom. The highest BCUT2D eigenvalue weighted by molar-refractivity contribution is 5.74. The van der Waals surface area contributed by atoms with E-state index in [9.17, 15) is 32.7 Å². The molecule has 0 aliphatic heterocycles. The van der Waals surface area contributed by atoms with Crippen molar-refractivity contribution in [1.29, 1.82) is 0 Å². The normalized spacial score (nSPS) is 12.0. The largest absolute Gasteiger partial charge is 0.546 e. The summed E-state index contributed by atoms with van der Waals surface area (Å²) in [6, 6.07) is 7.14. The molecule has 0 atom stereocenters. The van der Waals surface area contributed by atoms with Crippen molar-refractivity contribution in [3.8, 4) is 11.6 Å². The van der Waals surface area contributed by atoms with Crippen LogP contribution in [0.1, 0.15) is 90.5 Å². The van der Waals surface area contributed by atoms with Gasteiger partial charge in [-0.3, -0.25) is 9.36 Å². The summed E-state index contributed by atoms with van der Waals surface area (Å²) in [6.07, 6.45) is 1.55. The van der Waals surface area contributed by atoms with E-state index < -0.39 is 35.4 Å². The summed E-state index contributed by atoms with van der Waals surface area (Å²) in [5.74, 6) is -1.17. The van der Waals surface area contributed by atoms with Crippen LogP contribution in [0.3, 0.4) is 0 Å². The molecule has 0 bridgehead atoms. The topological polar surface area (TPSA) is 115 Å². The van der Waals surface area contributed by atoms with Crippen molar-refractivity contribution in [2.45, 2.75) is 116 Å². The number of hydrogen-bond donors (Lipinski definition) is 0. The van der Waals surface area contributed by atoms with E-state index in [2.05, 4.69) is 12.0 Å². The maximum atomic E-state index is 12.9. The molecule has 0 unspecified atom stereocenters. The van der Waals surface area contributed by atoms with E-state index in [0.29, 0.717) is 25.0 Å². The van der Waals surface area contributed by atoms with Gasteiger partial charge in [-0.1, -0.05) is 44.7 Å². The fraction of sp³-hybridized carbons (Fsp3) is 0.655. The first-order chi connectivity index (χ1) is 19.3. The zero-order valence-electron chi connectivity index (χ0n) is 24.1. The number of ether oxygens (including phenoxy) is 2. The van der Waals surface area contributed by atoms with E-state index >= 15 is 0 Å². The van der Waals surface area contributed by atoms with Crippen LogP contribution in [-0.4, -0.2) is 38.7 Å². The van der Waals surface area contributed by atoms with Gasteiger partial charge in [-0.15, -0.1) is 5.10 Å². The van der Waals surface area contributed by atoms with Crippen molar-refractivity contribution in [3.63, 3.8) is 0 Å². The lowest BCUT2D eigenvalue weighted by Gasteiger charge is -2.27. The number of aryl methyl sites for hydroxylation is 2. The molecule has 12 heteroatoms. The SMILES string of the molecule is CCCCCCCn1c(=O)c(OCCCCCc2cccc(OC(C)(C)C(=O)[O-])c2)nn(CCCC(F)(F)F)c1=O. The van der Waals surface area contributed by atoms with E-state index in [4.69, 9.17) is 9.47 Å². The standard InChI is InChI=1S/C29H42F3N3O6/c1-4-5-6-7-10-18-34-25(36)24(33-35(27(34)39)19-13-17-29(30,31)32)40-20-11-8-9-14-22-15-12-16-23(21-22)41-28(2,3)26(37)38/h12,15-16,21H,4-11,13-14,17-20H2,1-3H3,(H,37,38)/p-1. The second-order valence-corrected chi connectivity index (χ2v) is 10.6. The average molecular weight is 585 g/mol. The molecular weight excluding hydrogens is 543 g/mol. The molecule has 0 aliphatic rings. The Balaban J connectivity index is 1.96. The molecule has 230 valence electrons. The lowest BCUT2D eigenvalue weighted by atomic mass is 10.1. The third-order valence-corrected chi connectivity index (χ3v) is 6.52. The van der Waals surface area contributed by atoms with E-state index in [1.165, 1.54) is 13.8 Å². The number of aromatic nitrogens is 3. The zero-order valence-corrected chi connectivity index (χ0v) is 24.1. The predicted molar refractivity (Wildman–Crippen MR) is 146 cm³/mol. The number of rotatable bonds is 19. The molecule has 0 saturated heterocycles. The Hall–Kier alpha value is -3.31. The summed E-state index contributed by atoms with van der Waals surface area (Å²) in [6.45, 7) is 4.95. The number of halogens is 3. The number of alkyl halides is 3. The summed E-state index contributed by atoms with van der Waals surface area (Å²) in [4.78, 5) is 36.9. The first-order valence-electron chi connectivity index (χ1n) is 14.2. The van der Waals surface area contributed by atoms with Gasteiger partial charge in [0, 0.05) is 19.5 Å². The van der Waals surface area contributed by atoms with Gasteiger partial charge in [0.2, 0.25) is 0 Å². The molecule has 2 aromatic rings. The molecule has 9 nitrogen and oxygen atoms in total. The zero-order chi connectivity index (χ0) is 30.5. The maximum absolute atomic E-state index is 12.9. The van der Waals surface area contributed by atoms with Crippen LogP contribution < -0.4 is 25.8 Å². The lowest BCUT2D eigenvalue weighted by molar-refractivity contribution is -0.320. The number of carboxylic acid groups (broad SMARTS) is 1. The first-order valence-corrected chi connectivity index (χ1v) is 14.2. The second kappa shape index (κ2) is 16.2. The van der Waals surface area contributed by atoms with E-state index in [1.54, 1.807) is 18.2 Å². The Kier molecular flexibility index (Phi) is 13.4. The fourth-order valence-corrected chi connectivity index (χ4v) is 4.15. The molecule has 1 aromatic heterocycles. The summed E-state index contributed by atoms with van der Waals surface area (Å²) in [5.41, 5.74) is -1.90. The van der Waals surface area contributed by atoms with Crippen molar-refractivity contribution in [3.05, 3.63) is 50.7 Å². The van der Waals surface area contributed by atoms with Gasteiger partial charge in [-0.25, -0.2) is 9.48 Å². The third kappa shape index (κ3) is 12.0. The van der Waals surface area contributed by atoms with Crippen LogP contribution >= 0.6 is 0 Å². The van der Waals surface area contributed by atoms with E-state index in [1.807, 2.05) is 6.07 Å². The van der Waals surface area contributed by atoms with Crippen LogP contribution in [0.25, 0.3) is 0 Å². The number of benzene rings is 1. The molecule has 0 radical (unpaired) electrons. The quantitative estimate of drug-likeness (QED) is 0.225. The van der Waals surface area contributed by atoms with Crippen LogP contribution in [0.4, 0.5) is 13.2 Å². The minimum Gasteiger partial charge on any atom is -0.546 e. The molecule has 0 aliphatic carbocycles. The van der Waals surface area contributed by atoms with Crippen molar-refractivity contribution in [2.75, 3.05) is 6.61 Å². The molecule has 0 fully saturated rings.